The number of esters is 3. The van der Waals surface area contributed by atoms with Crippen molar-refractivity contribution >= 4 is 17.9 Å². The molecular weight excluding hydrogens is 568 g/mol. The molecule has 45 heavy (non-hydrogen) atoms. The van der Waals surface area contributed by atoms with Gasteiger partial charge >= 0.3 is 17.9 Å². The van der Waals surface area contributed by atoms with Gasteiger partial charge in [0.15, 0.2) is 0 Å². The molecule has 1 saturated carbocycles. The molecule has 0 aliphatic heterocycles. The van der Waals surface area contributed by atoms with Crippen molar-refractivity contribution in [1.82, 2.24) is 0 Å². The molecule has 0 bridgehead atoms. The third-order valence-electron chi connectivity index (χ3n) is 8.46. The highest BCUT2D eigenvalue weighted by atomic mass is 16.5. The van der Waals surface area contributed by atoms with E-state index < -0.39 is 5.97 Å². The topological polar surface area (TPSA) is 88.1 Å². The molecule has 246 valence electrons. The van der Waals surface area contributed by atoms with Gasteiger partial charge in [-0.25, -0.2) is 9.59 Å². The van der Waals surface area contributed by atoms with E-state index >= 15 is 0 Å². The zero-order valence-electron chi connectivity index (χ0n) is 27.1. The van der Waals surface area contributed by atoms with Crippen molar-refractivity contribution < 1.29 is 33.3 Å². The molecule has 0 amide bonds. The van der Waals surface area contributed by atoms with Gasteiger partial charge in [0, 0.05) is 6.08 Å². The summed E-state index contributed by atoms with van der Waals surface area (Å²) in [6, 6.07) is 13.6. The third-order valence-corrected chi connectivity index (χ3v) is 8.46. The van der Waals surface area contributed by atoms with Gasteiger partial charge in [-0.15, -0.1) is 0 Å². The Kier molecular flexibility index (Phi) is 16.9. The number of unbranched alkanes of at least 4 members (excludes halogenated alkanes) is 9. The van der Waals surface area contributed by atoms with Crippen LogP contribution in [0.15, 0.2) is 61.2 Å². The average molecular weight is 621 g/mol. The van der Waals surface area contributed by atoms with Crippen molar-refractivity contribution in [2.75, 3.05) is 13.2 Å². The largest absolute Gasteiger partial charge is 0.494 e. The maximum absolute atomic E-state index is 12.6. The number of hydrogen-bond donors (Lipinski definition) is 0. The standard InChI is InChI=1S/C38H52O7/c1-3-5-15-30-16-18-31(19-17-30)37(40)44-34-24-26-35(27-25-34)45-38(41)32-20-22-33(23-21-32)42-28-13-11-9-7-6-8-10-12-14-29-43-36(39)4-2/h4,20-27,30-31H,2-3,5-19,28-29H2,1H3. The summed E-state index contributed by atoms with van der Waals surface area (Å²) in [5, 5.41) is 0. The molecular formula is C38H52O7. The van der Waals surface area contributed by atoms with Crippen LogP contribution in [0, 0.1) is 11.8 Å². The summed E-state index contributed by atoms with van der Waals surface area (Å²) >= 11 is 0. The highest BCUT2D eigenvalue weighted by Gasteiger charge is 2.27. The van der Waals surface area contributed by atoms with E-state index in [1.807, 2.05) is 0 Å². The summed E-state index contributed by atoms with van der Waals surface area (Å²) in [6.45, 7) is 6.73. The van der Waals surface area contributed by atoms with Crippen LogP contribution in [-0.4, -0.2) is 31.1 Å². The maximum Gasteiger partial charge on any atom is 0.343 e. The van der Waals surface area contributed by atoms with E-state index in [4.69, 9.17) is 18.9 Å². The molecule has 0 radical (unpaired) electrons. The van der Waals surface area contributed by atoms with E-state index in [-0.39, 0.29) is 17.9 Å². The predicted octanol–water partition coefficient (Wildman–Crippen LogP) is 9.43. The van der Waals surface area contributed by atoms with Gasteiger partial charge in [-0.05, 0) is 93.0 Å². The molecule has 0 aromatic heterocycles. The molecule has 0 unspecified atom stereocenters. The van der Waals surface area contributed by atoms with Crippen molar-refractivity contribution in [2.45, 2.75) is 110 Å². The molecule has 1 aliphatic carbocycles. The van der Waals surface area contributed by atoms with Crippen LogP contribution in [-0.2, 0) is 14.3 Å². The zero-order chi connectivity index (χ0) is 32.1. The number of carbonyl (C=O) groups is 3. The van der Waals surface area contributed by atoms with Crippen LogP contribution < -0.4 is 14.2 Å². The number of rotatable bonds is 21. The summed E-state index contributed by atoms with van der Waals surface area (Å²) in [7, 11) is 0. The second kappa shape index (κ2) is 21.2. The van der Waals surface area contributed by atoms with Crippen LogP contribution >= 0.6 is 0 Å². The first-order chi connectivity index (χ1) is 22.0. The van der Waals surface area contributed by atoms with Crippen molar-refractivity contribution in [3.05, 3.63) is 66.7 Å². The molecule has 7 nitrogen and oxygen atoms in total. The lowest BCUT2D eigenvalue weighted by molar-refractivity contribution is -0.140. The van der Waals surface area contributed by atoms with Crippen molar-refractivity contribution in [3.8, 4) is 17.2 Å². The Balaban J connectivity index is 1.24. The Morgan fingerprint density at radius 3 is 1.80 bits per heavy atom. The fourth-order valence-electron chi connectivity index (χ4n) is 5.67. The van der Waals surface area contributed by atoms with E-state index in [1.54, 1.807) is 48.5 Å². The van der Waals surface area contributed by atoms with Crippen molar-refractivity contribution in [2.24, 2.45) is 11.8 Å². The van der Waals surface area contributed by atoms with Crippen molar-refractivity contribution in [1.29, 1.82) is 0 Å². The first-order valence-electron chi connectivity index (χ1n) is 17.0. The van der Waals surface area contributed by atoms with Crippen LogP contribution in [0.4, 0.5) is 0 Å². The van der Waals surface area contributed by atoms with E-state index in [2.05, 4.69) is 13.5 Å². The average Bonchev–Trinajstić information content (AvgIpc) is 3.07. The van der Waals surface area contributed by atoms with Crippen LogP contribution in [0.1, 0.15) is 120 Å². The second-order valence-corrected chi connectivity index (χ2v) is 12.1. The summed E-state index contributed by atoms with van der Waals surface area (Å²) in [5.74, 6) is 1.33. The van der Waals surface area contributed by atoms with E-state index in [1.165, 1.54) is 57.4 Å². The van der Waals surface area contributed by atoms with E-state index in [0.29, 0.717) is 30.3 Å². The lowest BCUT2D eigenvalue weighted by Crippen LogP contribution is -2.25. The molecule has 1 aliphatic rings. The molecule has 3 rings (SSSR count). The molecule has 2 aromatic carbocycles. The summed E-state index contributed by atoms with van der Waals surface area (Å²) in [5.41, 5.74) is 0.435. The zero-order valence-corrected chi connectivity index (χ0v) is 27.1. The molecule has 0 N–H and O–H groups in total. The molecule has 7 heteroatoms. The van der Waals surface area contributed by atoms with Gasteiger partial charge in [0.05, 0.1) is 24.7 Å². The van der Waals surface area contributed by atoms with Gasteiger partial charge < -0.3 is 18.9 Å². The molecule has 0 atom stereocenters. The lowest BCUT2D eigenvalue weighted by Gasteiger charge is -2.27. The number of hydrogen-bond acceptors (Lipinski definition) is 7. The lowest BCUT2D eigenvalue weighted by atomic mass is 9.80. The Hall–Kier alpha value is -3.61. The Morgan fingerprint density at radius 2 is 1.22 bits per heavy atom. The predicted molar refractivity (Wildman–Crippen MR) is 177 cm³/mol. The minimum atomic E-state index is -0.456. The van der Waals surface area contributed by atoms with Crippen molar-refractivity contribution in [3.63, 3.8) is 0 Å². The minimum Gasteiger partial charge on any atom is -0.494 e. The van der Waals surface area contributed by atoms with Gasteiger partial charge in [-0.2, -0.15) is 0 Å². The molecule has 2 aromatic rings. The van der Waals surface area contributed by atoms with Crippen LogP contribution in [0.3, 0.4) is 0 Å². The highest BCUT2D eigenvalue weighted by Crippen LogP contribution is 2.33. The number of ether oxygens (including phenoxy) is 4. The maximum atomic E-state index is 12.6. The monoisotopic (exact) mass is 620 g/mol. The van der Waals surface area contributed by atoms with Crippen LogP contribution in [0.2, 0.25) is 0 Å². The van der Waals surface area contributed by atoms with E-state index in [0.717, 1.165) is 63.0 Å². The Bertz CT molecular complexity index is 1150. The first-order valence-corrected chi connectivity index (χ1v) is 17.0. The minimum absolute atomic E-state index is 0.0338. The highest BCUT2D eigenvalue weighted by molar-refractivity contribution is 5.91. The number of carbonyl (C=O) groups excluding carboxylic acids is 3. The first kappa shape index (κ1) is 35.9. The number of benzene rings is 2. The fraction of sp³-hybridized carbons (Fsp3) is 0.553. The quantitative estimate of drug-likeness (QED) is 0.0594. The van der Waals surface area contributed by atoms with Gasteiger partial charge in [0.25, 0.3) is 0 Å². The smallest absolute Gasteiger partial charge is 0.343 e. The van der Waals surface area contributed by atoms with Gasteiger partial charge in [-0.3, -0.25) is 4.79 Å². The van der Waals surface area contributed by atoms with Gasteiger partial charge in [0.2, 0.25) is 0 Å². The van der Waals surface area contributed by atoms with Gasteiger partial charge in [0.1, 0.15) is 17.2 Å². The Morgan fingerprint density at radius 1 is 0.689 bits per heavy atom. The Labute approximate surface area is 269 Å². The normalized spacial score (nSPS) is 16.0. The van der Waals surface area contributed by atoms with Crippen LogP contribution in [0.25, 0.3) is 0 Å². The second-order valence-electron chi connectivity index (χ2n) is 12.1. The molecule has 0 heterocycles. The molecule has 0 saturated heterocycles. The van der Waals surface area contributed by atoms with Gasteiger partial charge in [-0.1, -0.05) is 77.7 Å². The summed E-state index contributed by atoms with van der Waals surface area (Å²) in [4.78, 5) is 36.2. The fourth-order valence-corrected chi connectivity index (χ4v) is 5.67. The SMILES string of the molecule is C=CC(=O)OCCCCCCCCCCCOc1ccc(C(=O)Oc2ccc(OC(=O)C3CCC(CCCC)CC3)cc2)cc1. The van der Waals surface area contributed by atoms with Crippen LogP contribution in [0.5, 0.6) is 17.2 Å². The molecule has 1 fully saturated rings. The molecule has 0 spiro atoms. The summed E-state index contributed by atoms with van der Waals surface area (Å²) < 4.78 is 21.9. The van der Waals surface area contributed by atoms with E-state index in [9.17, 15) is 14.4 Å². The third kappa shape index (κ3) is 14.4. The summed E-state index contributed by atoms with van der Waals surface area (Å²) in [6.07, 6.45) is 19.1.